The van der Waals surface area contributed by atoms with Crippen LogP contribution in [0.3, 0.4) is 0 Å². The lowest BCUT2D eigenvalue weighted by molar-refractivity contribution is -0.147. The number of nitrogens with zero attached hydrogens (tertiary/aromatic N) is 1. The van der Waals surface area contributed by atoms with Gasteiger partial charge in [0.25, 0.3) is 5.91 Å². The average molecular weight is 439 g/mol. The maximum Gasteiger partial charge on any atom is 0.321 e. The maximum atomic E-state index is 12.4. The molecule has 0 radical (unpaired) electrons. The summed E-state index contributed by atoms with van der Waals surface area (Å²) in [6.45, 7) is 0.283. The van der Waals surface area contributed by atoms with Crippen LogP contribution in [0.1, 0.15) is 17.3 Å². The van der Waals surface area contributed by atoms with E-state index in [1.807, 2.05) is 0 Å². The van der Waals surface area contributed by atoms with Crippen molar-refractivity contribution in [3.63, 3.8) is 0 Å². The van der Waals surface area contributed by atoms with Gasteiger partial charge in [-0.2, -0.15) is 4.31 Å². The number of benzene rings is 2. The Morgan fingerprint density at radius 3 is 2.17 bits per heavy atom. The highest BCUT2D eigenvalue weighted by Gasteiger charge is 2.23. The second kappa shape index (κ2) is 9.64. The number of carbonyl (C=O) groups excluding carboxylic acids is 3. The van der Waals surface area contributed by atoms with E-state index in [1.165, 1.54) is 38.2 Å². The van der Waals surface area contributed by atoms with Gasteiger partial charge in [0.2, 0.25) is 10.0 Å². The molecule has 0 bridgehead atoms. The van der Waals surface area contributed by atoms with Crippen molar-refractivity contribution in [2.75, 3.05) is 25.5 Å². The van der Waals surface area contributed by atoms with Gasteiger partial charge in [0, 0.05) is 23.3 Å². The van der Waals surface area contributed by atoms with E-state index in [4.69, 9.17) is 16.3 Å². The predicted octanol–water partition coefficient (Wildman–Crippen LogP) is 2.35. The Balaban J connectivity index is 1.86. The Morgan fingerprint density at radius 2 is 1.62 bits per heavy atom. The predicted molar refractivity (Wildman–Crippen MR) is 107 cm³/mol. The number of carbonyl (C=O) groups is 3. The summed E-state index contributed by atoms with van der Waals surface area (Å²) in [5.41, 5.74) is 0.929. The van der Waals surface area contributed by atoms with Crippen LogP contribution < -0.4 is 5.32 Å². The third kappa shape index (κ3) is 6.38. The van der Waals surface area contributed by atoms with Gasteiger partial charge in [-0.15, -0.1) is 0 Å². The molecule has 0 heterocycles. The molecule has 0 aliphatic carbocycles. The molecule has 0 spiro atoms. The van der Waals surface area contributed by atoms with Crippen LogP contribution in [0, 0.1) is 0 Å². The first-order valence-electron chi connectivity index (χ1n) is 8.38. The minimum atomic E-state index is -3.90. The first kappa shape index (κ1) is 22.5. The largest absolute Gasteiger partial charge is 0.455 e. The van der Waals surface area contributed by atoms with Crippen molar-refractivity contribution in [3.8, 4) is 0 Å². The van der Waals surface area contributed by atoms with Gasteiger partial charge >= 0.3 is 5.97 Å². The van der Waals surface area contributed by atoms with E-state index in [0.29, 0.717) is 16.3 Å². The Kier molecular flexibility index (Phi) is 7.49. The molecule has 2 rings (SSSR count). The quantitative estimate of drug-likeness (QED) is 0.500. The van der Waals surface area contributed by atoms with Crippen LogP contribution in [-0.2, 0) is 24.3 Å². The molecule has 8 nitrogen and oxygen atoms in total. The van der Waals surface area contributed by atoms with Crippen molar-refractivity contribution in [2.24, 2.45) is 0 Å². The smallest absolute Gasteiger partial charge is 0.321 e. The number of amides is 1. The lowest BCUT2D eigenvalue weighted by Crippen LogP contribution is -2.34. The molecule has 29 heavy (non-hydrogen) atoms. The molecular formula is C19H19ClN2O6S. The summed E-state index contributed by atoms with van der Waals surface area (Å²) in [6, 6.07) is 11.7. The number of anilines is 1. The fraction of sp³-hybridized carbons (Fsp3) is 0.211. The molecule has 0 saturated carbocycles. The highest BCUT2D eigenvalue weighted by molar-refractivity contribution is 7.89. The molecule has 1 amide bonds. The van der Waals surface area contributed by atoms with Gasteiger partial charge in [0.05, 0.1) is 4.90 Å². The normalized spacial score (nSPS) is 11.2. The van der Waals surface area contributed by atoms with E-state index in [0.717, 1.165) is 4.31 Å². The zero-order valence-electron chi connectivity index (χ0n) is 15.7. The molecule has 10 heteroatoms. The van der Waals surface area contributed by atoms with Gasteiger partial charge in [-0.3, -0.25) is 14.4 Å². The Morgan fingerprint density at radius 1 is 1.03 bits per heavy atom. The number of ether oxygens (including phenoxy) is 1. The first-order valence-corrected chi connectivity index (χ1v) is 10.2. The highest BCUT2D eigenvalue weighted by atomic mass is 35.5. The van der Waals surface area contributed by atoms with Gasteiger partial charge in [-0.05, 0) is 55.5 Å². The molecule has 0 unspecified atom stereocenters. The van der Waals surface area contributed by atoms with E-state index in [-0.39, 0.29) is 10.7 Å². The standard InChI is InChI=1S/C19H19ClN2O6S/c1-13(23)14-3-7-16(8-4-14)21-18(24)12-28-19(25)11-22(2)29(26,27)17-9-5-15(20)6-10-17/h3-10H,11-12H2,1-2H3,(H,21,24). The molecule has 0 fully saturated rings. The summed E-state index contributed by atoms with van der Waals surface area (Å²) < 4.78 is 30.5. The molecular weight excluding hydrogens is 420 g/mol. The van der Waals surface area contributed by atoms with Gasteiger partial charge in [0.1, 0.15) is 6.54 Å². The molecule has 154 valence electrons. The fourth-order valence-corrected chi connectivity index (χ4v) is 3.47. The Labute approximate surface area is 173 Å². The highest BCUT2D eigenvalue weighted by Crippen LogP contribution is 2.17. The number of esters is 1. The van der Waals surface area contributed by atoms with Crippen molar-refractivity contribution < 1.29 is 27.5 Å². The number of ketones is 1. The van der Waals surface area contributed by atoms with E-state index >= 15 is 0 Å². The van der Waals surface area contributed by atoms with E-state index in [1.54, 1.807) is 24.3 Å². The summed E-state index contributed by atoms with van der Waals surface area (Å²) in [6.07, 6.45) is 0. The first-order chi connectivity index (χ1) is 13.6. The van der Waals surface area contributed by atoms with Crippen molar-refractivity contribution in [1.82, 2.24) is 4.31 Å². The summed E-state index contributed by atoms with van der Waals surface area (Å²) >= 11 is 5.74. The van der Waals surface area contributed by atoms with E-state index < -0.39 is 35.1 Å². The minimum absolute atomic E-state index is 0.0241. The molecule has 0 saturated heterocycles. The second-order valence-electron chi connectivity index (χ2n) is 6.06. The molecule has 1 N–H and O–H groups in total. The number of rotatable bonds is 8. The summed E-state index contributed by atoms with van der Waals surface area (Å²) in [5.74, 6) is -1.58. The third-order valence-corrected chi connectivity index (χ3v) is 5.88. The van der Waals surface area contributed by atoms with E-state index in [2.05, 4.69) is 5.32 Å². The number of sulfonamides is 1. The number of halogens is 1. The van der Waals surface area contributed by atoms with Crippen LogP contribution in [0.2, 0.25) is 5.02 Å². The minimum Gasteiger partial charge on any atom is -0.455 e. The summed E-state index contributed by atoms with van der Waals surface area (Å²) in [4.78, 5) is 35.0. The monoisotopic (exact) mass is 438 g/mol. The van der Waals surface area contributed by atoms with Gasteiger partial charge < -0.3 is 10.1 Å². The Hall–Kier alpha value is -2.75. The number of Topliss-reactive ketones (excluding diaryl/α,β-unsaturated/α-hetero) is 1. The molecule has 0 aliphatic heterocycles. The second-order valence-corrected chi connectivity index (χ2v) is 8.54. The summed E-state index contributed by atoms with van der Waals surface area (Å²) in [5, 5.41) is 2.89. The number of hydrogen-bond acceptors (Lipinski definition) is 6. The molecule has 2 aromatic carbocycles. The summed E-state index contributed by atoms with van der Waals surface area (Å²) in [7, 11) is -2.68. The molecule has 0 aromatic heterocycles. The van der Waals surface area contributed by atoms with Gasteiger partial charge in [-0.25, -0.2) is 8.42 Å². The SMILES string of the molecule is CC(=O)c1ccc(NC(=O)COC(=O)CN(C)S(=O)(=O)c2ccc(Cl)cc2)cc1. The average Bonchev–Trinajstić information content (AvgIpc) is 2.67. The van der Waals surface area contributed by atoms with Crippen molar-refractivity contribution in [1.29, 1.82) is 0 Å². The van der Waals surface area contributed by atoms with Crippen LogP contribution in [0.25, 0.3) is 0 Å². The fourth-order valence-electron chi connectivity index (χ4n) is 2.23. The zero-order valence-corrected chi connectivity index (χ0v) is 17.3. The van der Waals surface area contributed by atoms with Crippen molar-refractivity contribution >= 4 is 45.0 Å². The number of hydrogen-bond donors (Lipinski definition) is 1. The number of nitrogens with one attached hydrogen (secondary N) is 1. The van der Waals surface area contributed by atoms with Crippen molar-refractivity contribution in [2.45, 2.75) is 11.8 Å². The number of likely N-dealkylation sites (N-methyl/N-ethyl adjacent to an activating group) is 1. The Bertz CT molecular complexity index is 1000. The zero-order chi connectivity index (χ0) is 21.6. The van der Waals surface area contributed by atoms with Crippen LogP contribution in [0.5, 0.6) is 0 Å². The topological polar surface area (TPSA) is 110 Å². The lowest BCUT2D eigenvalue weighted by Gasteiger charge is -2.16. The van der Waals surface area contributed by atoms with Gasteiger partial charge in [0.15, 0.2) is 12.4 Å². The van der Waals surface area contributed by atoms with Crippen LogP contribution in [0.4, 0.5) is 5.69 Å². The molecule has 0 atom stereocenters. The van der Waals surface area contributed by atoms with Gasteiger partial charge in [-0.1, -0.05) is 11.6 Å². The van der Waals surface area contributed by atoms with Crippen molar-refractivity contribution in [3.05, 3.63) is 59.1 Å². The molecule has 0 aliphatic rings. The molecule has 2 aromatic rings. The van der Waals surface area contributed by atoms with E-state index in [9.17, 15) is 22.8 Å². The van der Waals surface area contributed by atoms with Crippen LogP contribution >= 0.6 is 11.6 Å². The maximum absolute atomic E-state index is 12.4. The third-order valence-electron chi connectivity index (χ3n) is 3.81. The van der Waals surface area contributed by atoms with Crippen LogP contribution in [0.15, 0.2) is 53.4 Å². The van der Waals surface area contributed by atoms with Crippen LogP contribution in [-0.4, -0.2) is 50.6 Å². The lowest BCUT2D eigenvalue weighted by atomic mass is 10.1.